The van der Waals surface area contributed by atoms with E-state index in [9.17, 15) is 4.79 Å². The average Bonchev–Trinajstić information content (AvgIpc) is 3.06. The van der Waals surface area contributed by atoms with Crippen molar-refractivity contribution in [1.29, 1.82) is 0 Å². The van der Waals surface area contributed by atoms with Crippen LogP contribution in [0.2, 0.25) is 10.0 Å². The number of nitrogens with zero attached hydrogens (tertiary/aromatic N) is 1. The van der Waals surface area contributed by atoms with Gasteiger partial charge in [-0.3, -0.25) is 0 Å². The monoisotopic (exact) mass is 559 g/mol. The topological polar surface area (TPSA) is 57.1 Å². The molecule has 0 aliphatic carbocycles. The lowest BCUT2D eigenvalue weighted by atomic mass is 10.1. The highest BCUT2D eigenvalue weighted by Gasteiger charge is 2.26. The van der Waals surface area contributed by atoms with Gasteiger partial charge >= 0.3 is 5.97 Å². The van der Waals surface area contributed by atoms with Gasteiger partial charge in [0.2, 0.25) is 5.90 Å². The van der Waals surface area contributed by atoms with Crippen LogP contribution in [0.25, 0.3) is 6.08 Å². The lowest BCUT2D eigenvalue weighted by Gasteiger charge is -2.14. The first-order valence-electron chi connectivity index (χ1n) is 9.50. The number of benzene rings is 2. The SMILES string of the molecule is CCCCOc1c(Cl)cc(/C=C2\N=C(c3cc(I)ccc3Cl)OC2=O)cc1OCC. The van der Waals surface area contributed by atoms with E-state index in [1.165, 1.54) is 0 Å². The first kappa shape index (κ1) is 22.9. The molecule has 0 spiro atoms. The highest BCUT2D eigenvalue weighted by Crippen LogP contribution is 2.38. The van der Waals surface area contributed by atoms with Gasteiger partial charge in [-0.15, -0.1) is 0 Å². The molecule has 158 valence electrons. The van der Waals surface area contributed by atoms with Crippen LogP contribution in [0, 0.1) is 3.57 Å². The summed E-state index contributed by atoms with van der Waals surface area (Å²) in [5.74, 6) is 0.629. The van der Waals surface area contributed by atoms with E-state index in [1.54, 1.807) is 24.3 Å². The van der Waals surface area contributed by atoms with Crippen molar-refractivity contribution in [3.63, 3.8) is 0 Å². The van der Waals surface area contributed by atoms with Gasteiger partial charge in [0.1, 0.15) is 0 Å². The van der Waals surface area contributed by atoms with Crippen LogP contribution in [0.4, 0.5) is 0 Å². The zero-order valence-corrected chi connectivity index (χ0v) is 20.2. The Morgan fingerprint density at radius 2 is 1.93 bits per heavy atom. The number of aliphatic imine (C=N–C) groups is 1. The third-order valence-electron chi connectivity index (χ3n) is 4.16. The maximum absolute atomic E-state index is 12.4. The van der Waals surface area contributed by atoms with Crippen LogP contribution in [0.15, 0.2) is 41.0 Å². The third kappa shape index (κ3) is 5.47. The number of hydrogen-bond acceptors (Lipinski definition) is 5. The summed E-state index contributed by atoms with van der Waals surface area (Å²) in [6.07, 6.45) is 3.53. The van der Waals surface area contributed by atoms with E-state index in [4.69, 9.17) is 37.4 Å². The predicted octanol–water partition coefficient (Wildman–Crippen LogP) is 6.52. The number of carbonyl (C=O) groups excluding carboxylic acids is 1. The van der Waals surface area contributed by atoms with Gasteiger partial charge in [0.25, 0.3) is 0 Å². The van der Waals surface area contributed by atoms with E-state index in [2.05, 4.69) is 34.5 Å². The molecule has 1 aliphatic heterocycles. The molecule has 3 rings (SSSR count). The van der Waals surface area contributed by atoms with Crippen molar-refractivity contribution in [2.45, 2.75) is 26.7 Å². The molecule has 1 heterocycles. The van der Waals surface area contributed by atoms with Crippen molar-refractivity contribution in [2.24, 2.45) is 4.99 Å². The Morgan fingerprint density at radius 1 is 1.13 bits per heavy atom. The molecule has 0 aromatic heterocycles. The van der Waals surface area contributed by atoms with Crippen molar-refractivity contribution in [2.75, 3.05) is 13.2 Å². The summed E-state index contributed by atoms with van der Waals surface area (Å²) < 4.78 is 17.8. The minimum Gasteiger partial charge on any atom is -0.490 e. The number of unbranched alkanes of at least 4 members (excludes halogenated alkanes) is 1. The number of hydrogen-bond donors (Lipinski definition) is 0. The molecular formula is C22H20Cl2INO4. The Balaban J connectivity index is 1.94. The van der Waals surface area contributed by atoms with Crippen molar-refractivity contribution >= 4 is 63.7 Å². The van der Waals surface area contributed by atoms with Crippen molar-refractivity contribution in [3.8, 4) is 11.5 Å². The average molecular weight is 560 g/mol. The molecule has 0 fully saturated rings. The summed E-state index contributed by atoms with van der Waals surface area (Å²) in [7, 11) is 0. The van der Waals surface area contributed by atoms with Gasteiger partial charge in [-0.25, -0.2) is 9.79 Å². The van der Waals surface area contributed by atoms with E-state index >= 15 is 0 Å². The molecule has 0 bridgehead atoms. The molecule has 0 atom stereocenters. The van der Waals surface area contributed by atoms with E-state index in [0.29, 0.717) is 45.9 Å². The lowest BCUT2D eigenvalue weighted by Crippen LogP contribution is -2.06. The standard InChI is InChI=1S/C22H20Cl2INO4/c1-3-5-8-29-20-17(24)9-13(11-19(20)28-4-2)10-18-22(27)30-21(26-18)15-12-14(25)6-7-16(15)23/h6-7,9-12H,3-5,8H2,1-2H3/b18-10-. The Labute approximate surface area is 199 Å². The Bertz CT molecular complexity index is 1020. The molecular weight excluding hydrogens is 540 g/mol. The second kappa shape index (κ2) is 10.5. The minimum atomic E-state index is -0.558. The van der Waals surface area contributed by atoms with Crippen LogP contribution in [0.3, 0.4) is 0 Å². The van der Waals surface area contributed by atoms with Gasteiger partial charge in [-0.2, -0.15) is 0 Å². The van der Waals surface area contributed by atoms with Crippen LogP contribution >= 0.6 is 45.8 Å². The number of cyclic esters (lactones) is 1. The molecule has 1 aliphatic rings. The summed E-state index contributed by atoms with van der Waals surface area (Å²) in [6.45, 7) is 4.97. The summed E-state index contributed by atoms with van der Waals surface area (Å²) in [4.78, 5) is 16.7. The maximum Gasteiger partial charge on any atom is 0.363 e. The molecule has 2 aromatic carbocycles. The van der Waals surface area contributed by atoms with Crippen LogP contribution in [0.1, 0.15) is 37.8 Å². The third-order valence-corrected chi connectivity index (χ3v) is 5.44. The highest BCUT2D eigenvalue weighted by atomic mass is 127. The maximum atomic E-state index is 12.4. The molecule has 0 saturated heterocycles. The van der Waals surface area contributed by atoms with Crippen molar-refractivity contribution in [1.82, 2.24) is 0 Å². The second-order valence-corrected chi connectivity index (χ2v) is 8.49. The van der Waals surface area contributed by atoms with E-state index < -0.39 is 5.97 Å². The molecule has 5 nitrogen and oxygen atoms in total. The molecule has 8 heteroatoms. The van der Waals surface area contributed by atoms with Crippen LogP contribution in [0.5, 0.6) is 11.5 Å². The van der Waals surface area contributed by atoms with E-state index in [0.717, 1.165) is 16.4 Å². The van der Waals surface area contributed by atoms with Crippen molar-refractivity contribution < 1.29 is 19.0 Å². The fraction of sp³-hybridized carbons (Fsp3) is 0.273. The van der Waals surface area contributed by atoms with Gasteiger partial charge < -0.3 is 14.2 Å². The zero-order valence-electron chi connectivity index (χ0n) is 16.5. The van der Waals surface area contributed by atoms with Gasteiger partial charge in [-0.05, 0) is 77.9 Å². The molecule has 30 heavy (non-hydrogen) atoms. The van der Waals surface area contributed by atoms with Gasteiger partial charge in [0.15, 0.2) is 17.2 Å². The number of ether oxygens (including phenoxy) is 3. The quantitative estimate of drug-likeness (QED) is 0.160. The van der Waals surface area contributed by atoms with Crippen LogP contribution < -0.4 is 9.47 Å². The molecule has 0 saturated carbocycles. The van der Waals surface area contributed by atoms with Crippen molar-refractivity contribution in [3.05, 3.63) is 60.8 Å². The Hall–Kier alpha value is -1.77. The first-order valence-corrected chi connectivity index (χ1v) is 11.3. The molecule has 0 N–H and O–H groups in total. The summed E-state index contributed by atoms with van der Waals surface area (Å²) in [6, 6.07) is 8.88. The van der Waals surface area contributed by atoms with Crippen LogP contribution in [-0.4, -0.2) is 25.1 Å². The summed E-state index contributed by atoms with van der Waals surface area (Å²) in [5, 5.41) is 0.860. The van der Waals surface area contributed by atoms with Gasteiger partial charge in [0.05, 0.1) is 28.8 Å². The first-order chi connectivity index (χ1) is 14.4. The molecule has 0 radical (unpaired) electrons. The largest absolute Gasteiger partial charge is 0.490 e. The number of rotatable bonds is 8. The number of carbonyl (C=O) groups is 1. The smallest absolute Gasteiger partial charge is 0.363 e. The van der Waals surface area contributed by atoms with Gasteiger partial charge in [0, 0.05) is 3.57 Å². The minimum absolute atomic E-state index is 0.151. The molecule has 2 aromatic rings. The fourth-order valence-corrected chi connectivity index (χ4v) is 3.70. The Kier molecular flexibility index (Phi) is 8.02. The second-order valence-electron chi connectivity index (χ2n) is 6.43. The lowest BCUT2D eigenvalue weighted by molar-refractivity contribution is -0.129. The number of esters is 1. The van der Waals surface area contributed by atoms with E-state index in [1.807, 2.05) is 19.1 Å². The summed E-state index contributed by atoms with van der Waals surface area (Å²) in [5.41, 5.74) is 1.36. The summed E-state index contributed by atoms with van der Waals surface area (Å²) >= 11 is 14.8. The fourth-order valence-electron chi connectivity index (χ4n) is 2.74. The van der Waals surface area contributed by atoms with E-state index in [-0.39, 0.29) is 11.6 Å². The van der Waals surface area contributed by atoms with Crippen LogP contribution in [-0.2, 0) is 9.53 Å². The Morgan fingerprint density at radius 3 is 2.67 bits per heavy atom. The molecule has 0 unspecified atom stereocenters. The predicted molar refractivity (Wildman–Crippen MR) is 128 cm³/mol. The molecule has 0 amide bonds. The normalized spacial score (nSPS) is 14.6. The number of halogens is 3. The van der Waals surface area contributed by atoms with Gasteiger partial charge in [-0.1, -0.05) is 36.5 Å². The zero-order chi connectivity index (χ0) is 21.7. The highest BCUT2D eigenvalue weighted by molar-refractivity contribution is 14.1.